The summed E-state index contributed by atoms with van der Waals surface area (Å²) >= 11 is 0. The topological polar surface area (TPSA) is 23.5 Å². The summed E-state index contributed by atoms with van der Waals surface area (Å²) in [6.45, 7) is 1.02. The van der Waals surface area contributed by atoms with E-state index in [1.54, 1.807) is 0 Å². The van der Waals surface area contributed by atoms with Gasteiger partial charge in [0.25, 0.3) is 0 Å². The van der Waals surface area contributed by atoms with Crippen molar-refractivity contribution in [2.75, 3.05) is 20.6 Å². The Labute approximate surface area is 171 Å². The fourth-order valence-corrected chi connectivity index (χ4v) is 3.16. The van der Waals surface area contributed by atoms with E-state index in [-0.39, 0.29) is 59.1 Å². The molecule has 0 heterocycles. The maximum absolute atomic E-state index is 9.89. The Morgan fingerprint density at radius 2 is 1.75 bits per heavy atom. The summed E-state index contributed by atoms with van der Waals surface area (Å²) in [7, 11) is 4.17. The van der Waals surface area contributed by atoms with Gasteiger partial charge in [0.2, 0.25) is 0 Å². The van der Waals surface area contributed by atoms with E-state index in [9.17, 15) is 5.11 Å². The average Bonchev–Trinajstić information content (AvgIpc) is 2.93. The Morgan fingerprint density at radius 3 is 2.42 bits per heavy atom. The van der Waals surface area contributed by atoms with Crippen LogP contribution in [-0.4, -0.2) is 30.6 Å². The fourth-order valence-electron chi connectivity index (χ4n) is 3.16. The quantitative estimate of drug-likeness (QED) is 0.575. The van der Waals surface area contributed by atoms with Crippen molar-refractivity contribution in [1.82, 2.24) is 4.90 Å². The molecule has 0 bridgehead atoms. The van der Waals surface area contributed by atoms with E-state index in [2.05, 4.69) is 61.5 Å². The summed E-state index contributed by atoms with van der Waals surface area (Å²) in [6, 6.07) is 12.6. The van der Waals surface area contributed by atoms with Crippen LogP contribution < -0.4 is 24.8 Å². The van der Waals surface area contributed by atoms with Crippen LogP contribution in [0.15, 0.2) is 60.2 Å². The van der Waals surface area contributed by atoms with Crippen molar-refractivity contribution in [1.29, 1.82) is 0 Å². The van der Waals surface area contributed by atoms with Gasteiger partial charge in [-0.25, -0.2) is 0 Å². The Balaban J connectivity index is 0.00000176. The van der Waals surface area contributed by atoms with Gasteiger partial charge in [0, 0.05) is 12.5 Å². The summed E-state index contributed by atoms with van der Waals surface area (Å²) in [4.78, 5) is 2.19. The minimum absolute atomic E-state index is 0. The van der Waals surface area contributed by atoms with Gasteiger partial charge >= 0.3 is 21.7 Å². The first-order chi connectivity index (χ1) is 10.2. The molecule has 0 spiro atoms. The van der Waals surface area contributed by atoms with Crippen LogP contribution in [0.1, 0.15) is 17.0 Å². The molecular weight excluding hydrogens is 377 g/mol. The summed E-state index contributed by atoms with van der Waals surface area (Å²) < 4.78 is 0. The van der Waals surface area contributed by atoms with Gasteiger partial charge in [0.05, 0.1) is 6.61 Å². The zero-order chi connectivity index (χ0) is 14.8. The van der Waals surface area contributed by atoms with Gasteiger partial charge < -0.3 is 34.8 Å². The number of aliphatic hydroxyl groups is 1. The molecule has 0 aromatic heterocycles. The second-order valence-electron chi connectivity index (χ2n) is 5.85. The zero-order valence-corrected chi connectivity index (χ0v) is 16.9. The SMILES string of the molecule is CN(C)CC1=CC=CC1c1ccc2ccccc2c1CO.[Cl-].[Cl-].[Ti+2]. The molecule has 1 aliphatic carbocycles. The second-order valence-corrected chi connectivity index (χ2v) is 5.85. The largest absolute Gasteiger partial charge is 2.00 e. The first-order valence-corrected chi connectivity index (χ1v) is 7.34. The van der Waals surface area contributed by atoms with Crippen LogP contribution in [0.25, 0.3) is 10.8 Å². The molecule has 1 unspecified atom stereocenters. The van der Waals surface area contributed by atoms with E-state index in [0.717, 1.165) is 17.5 Å². The molecule has 126 valence electrons. The maximum Gasteiger partial charge on any atom is 2.00 e. The molecular formula is C19H21Cl2NOTi. The Bertz CT molecular complexity index is 728. The summed E-state index contributed by atoms with van der Waals surface area (Å²) in [5.41, 5.74) is 3.65. The van der Waals surface area contributed by atoms with Gasteiger partial charge in [0.1, 0.15) is 0 Å². The third kappa shape index (κ3) is 4.73. The molecule has 0 saturated carbocycles. The smallest absolute Gasteiger partial charge is 1.00 e. The number of hydrogen-bond acceptors (Lipinski definition) is 2. The van der Waals surface area contributed by atoms with Crippen LogP contribution in [0.3, 0.4) is 0 Å². The predicted octanol–water partition coefficient (Wildman–Crippen LogP) is -2.52. The van der Waals surface area contributed by atoms with Crippen molar-refractivity contribution in [3.63, 3.8) is 0 Å². The third-order valence-corrected chi connectivity index (χ3v) is 4.08. The van der Waals surface area contributed by atoms with Gasteiger partial charge in [-0.05, 0) is 41.6 Å². The van der Waals surface area contributed by atoms with Gasteiger partial charge in [-0.2, -0.15) is 0 Å². The van der Waals surface area contributed by atoms with Crippen LogP contribution in [0.4, 0.5) is 0 Å². The number of allylic oxidation sites excluding steroid dienone is 3. The zero-order valence-electron chi connectivity index (χ0n) is 13.8. The molecule has 0 saturated heterocycles. The number of fused-ring (bicyclic) bond motifs is 1. The van der Waals surface area contributed by atoms with Crippen molar-refractivity contribution in [2.45, 2.75) is 12.5 Å². The van der Waals surface area contributed by atoms with Gasteiger partial charge in [0.15, 0.2) is 0 Å². The summed E-state index contributed by atoms with van der Waals surface area (Å²) in [6.07, 6.45) is 6.54. The molecule has 0 fully saturated rings. The number of aliphatic hydroxyl groups excluding tert-OH is 1. The molecule has 3 rings (SSSR count). The van der Waals surface area contributed by atoms with E-state index < -0.39 is 0 Å². The fraction of sp³-hybridized carbons (Fsp3) is 0.263. The summed E-state index contributed by atoms with van der Waals surface area (Å²) in [5, 5.41) is 12.2. The maximum atomic E-state index is 9.89. The second kappa shape index (κ2) is 10.4. The monoisotopic (exact) mass is 397 g/mol. The van der Waals surface area contributed by atoms with Crippen LogP contribution in [0, 0.1) is 0 Å². The number of benzene rings is 2. The number of halogens is 2. The average molecular weight is 398 g/mol. The number of rotatable bonds is 4. The van der Waals surface area contributed by atoms with Crippen LogP contribution in [-0.2, 0) is 28.3 Å². The van der Waals surface area contributed by atoms with Gasteiger partial charge in [-0.1, -0.05) is 54.6 Å². The molecule has 2 aromatic rings. The van der Waals surface area contributed by atoms with Crippen molar-refractivity contribution in [2.24, 2.45) is 0 Å². The van der Waals surface area contributed by atoms with E-state index in [0.29, 0.717) is 0 Å². The molecule has 2 nitrogen and oxygen atoms in total. The molecule has 24 heavy (non-hydrogen) atoms. The van der Waals surface area contributed by atoms with E-state index in [4.69, 9.17) is 0 Å². The minimum Gasteiger partial charge on any atom is -1.00 e. The first kappa shape index (κ1) is 23.4. The first-order valence-electron chi connectivity index (χ1n) is 7.34. The molecule has 0 amide bonds. The van der Waals surface area contributed by atoms with E-state index in [1.807, 2.05) is 12.1 Å². The van der Waals surface area contributed by atoms with Crippen LogP contribution in [0.5, 0.6) is 0 Å². The van der Waals surface area contributed by atoms with Crippen molar-refractivity contribution in [3.8, 4) is 0 Å². The van der Waals surface area contributed by atoms with Crippen LogP contribution in [0.2, 0.25) is 0 Å². The normalized spacial score (nSPS) is 15.5. The Hall–Kier alpha value is -0.606. The van der Waals surface area contributed by atoms with E-state index in [1.165, 1.54) is 16.5 Å². The molecule has 1 atom stereocenters. The molecule has 0 radical (unpaired) electrons. The minimum atomic E-state index is 0. The molecule has 1 aliphatic rings. The standard InChI is InChI=1S/C19H21NO.2ClH.Ti/c1-20(2)12-15-7-5-9-17(15)18-11-10-14-6-3-4-8-16(14)19(18)13-21;;;/h3-11,17,21H,12-13H2,1-2H3;2*1H;/q;;;+2/p-2. The Kier molecular flexibility index (Phi) is 10.1. The third-order valence-electron chi connectivity index (χ3n) is 4.08. The summed E-state index contributed by atoms with van der Waals surface area (Å²) in [5.74, 6) is 0.277. The number of hydrogen-bond donors (Lipinski definition) is 1. The van der Waals surface area contributed by atoms with Gasteiger partial charge in [-0.3, -0.25) is 0 Å². The molecule has 1 N–H and O–H groups in total. The Morgan fingerprint density at radius 1 is 1.04 bits per heavy atom. The number of nitrogens with zero attached hydrogens (tertiary/aromatic N) is 1. The number of likely N-dealkylation sites (N-methyl/N-ethyl adjacent to an activating group) is 1. The van der Waals surface area contributed by atoms with Crippen LogP contribution >= 0.6 is 0 Å². The predicted molar refractivity (Wildman–Crippen MR) is 88.4 cm³/mol. The molecule has 5 heteroatoms. The van der Waals surface area contributed by atoms with Crippen molar-refractivity contribution >= 4 is 10.8 Å². The van der Waals surface area contributed by atoms with Crippen molar-refractivity contribution in [3.05, 3.63) is 71.3 Å². The van der Waals surface area contributed by atoms with E-state index >= 15 is 0 Å². The van der Waals surface area contributed by atoms with Gasteiger partial charge in [-0.15, -0.1) is 0 Å². The molecule has 2 aromatic carbocycles. The van der Waals surface area contributed by atoms with Crippen molar-refractivity contribution < 1.29 is 51.6 Å². The molecule has 0 aliphatic heterocycles.